The van der Waals surface area contributed by atoms with Crippen molar-refractivity contribution in [2.24, 2.45) is 0 Å². The van der Waals surface area contributed by atoms with Crippen LogP contribution in [0.2, 0.25) is 0 Å². The van der Waals surface area contributed by atoms with Gasteiger partial charge in [0.15, 0.2) is 0 Å². The molecule has 0 unspecified atom stereocenters. The molecule has 0 bridgehead atoms. The van der Waals surface area contributed by atoms with Crippen LogP contribution in [0.25, 0.3) is 33.4 Å². The molecule has 0 spiro atoms. The lowest BCUT2D eigenvalue weighted by Crippen LogP contribution is -2.23. The smallest absolute Gasteiger partial charge is 0.361 e. The lowest BCUT2D eigenvalue weighted by Gasteiger charge is -2.20. The molecule has 0 radical (unpaired) electrons. The van der Waals surface area contributed by atoms with Crippen molar-refractivity contribution >= 4 is 11.9 Å². The van der Waals surface area contributed by atoms with E-state index in [2.05, 4.69) is 101 Å². The molecular formula is C46H60O8. The first-order chi connectivity index (χ1) is 26.3. The number of carboxylic acids is 1. The van der Waals surface area contributed by atoms with Gasteiger partial charge >= 0.3 is 11.9 Å². The van der Waals surface area contributed by atoms with Gasteiger partial charge < -0.3 is 28.8 Å². The molecule has 2 aliphatic rings. The van der Waals surface area contributed by atoms with Gasteiger partial charge in [-0.3, -0.25) is 4.79 Å². The standard InChI is InChI=1S/C12H8.C10H20O2.C10H8O.C7H8.C4H8O4.C3H8O/c1-2-4-9(5-3-1)12-8-10-6-7-11(10)12;1-3-4-5-6-7-8-9-10(11)12-2;1-2-4-9(5-3-1)10-6-7-11-8-10;1-7-5-3-2-4-6-7;1-7-4(8-2)3(5)6;1-2-3-4/h1-8H;3-9H2,1-2H3;1-8H;2-6H,1H3;4H,1-2H3,(H,5,6);4H,2-3H2,1H3. The maximum atomic E-state index is 10.7. The van der Waals surface area contributed by atoms with E-state index in [0.29, 0.717) is 13.0 Å². The first-order valence-corrected chi connectivity index (χ1v) is 18.5. The summed E-state index contributed by atoms with van der Waals surface area (Å²) < 4.78 is 18.2. The molecule has 0 saturated heterocycles. The second-order valence-corrected chi connectivity index (χ2v) is 12.1. The monoisotopic (exact) mass is 740 g/mol. The lowest BCUT2D eigenvalue weighted by molar-refractivity contribution is -0.177. The maximum Gasteiger partial charge on any atom is 0.361 e. The summed E-state index contributed by atoms with van der Waals surface area (Å²) >= 11 is 0. The van der Waals surface area contributed by atoms with E-state index in [1.807, 2.05) is 49.4 Å². The van der Waals surface area contributed by atoms with Crippen LogP contribution >= 0.6 is 0 Å². The summed E-state index contributed by atoms with van der Waals surface area (Å²) in [6.45, 7) is 6.54. The predicted octanol–water partition coefficient (Wildman–Crippen LogP) is 11.3. The predicted molar refractivity (Wildman–Crippen MR) is 219 cm³/mol. The van der Waals surface area contributed by atoms with E-state index in [9.17, 15) is 9.59 Å². The molecule has 3 aromatic carbocycles. The van der Waals surface area contributed by atoms with Crippen molar-refractivity contribution in [3.05, 3.63) is 133 Å². The zero-order chi connectivity index (χ0) is 39.8. The van der Waals surface area contributed by atoms with Crippen LogP contribution in [0, 0.1) is 6.92 Å². The molecule has 54 heavy (non-hydrogen) atoms. The van der Waals surface area contributed by atoms with E-state index in [4.69, 9.17) is 14.6 Å². The van der Waals surface area contributed by atoms with Gasteiger partial charge in [-0.05, 0) is 59.7 Å². The number of hydrogen-bond donors (Lipinski definition) is 2. The summed E-state index contributed by atoms with van der Waals surface area (Å²) in [7, 11) is 3.98. The second-order valence-electron chi connectivity index (χ2n) is 12.1. The highest BCUT2D eigenvalue weighted by molar-refractivity contribution is 5.95. The Bertz CT molecular complexity index is 1610. The maximum absolute atomic E-state index is 10.7. The number of aryl methyl sites for hydroxylation is 1. The third kappa shape index (κ3) is 20.3. The third-order valence-electron chi connectivity index (χ3n) is 7.80. The summed E-state index contributed by atoms with van der Waals surface area (Å²) in [6, 6.07) is 39.5. The largest absolute Gasteiger partial charge is 0.477 e. The highest BCUT2D eigenvalue weighted by Crippen LogP contribution is 2.43. The summed E-state index contributed by atoms with van der Waals surface area (Å²) in [6.07, 6.45) is 11.1. The Kier molecular flexibility index (Phi) is 26.5. The van der Waals surface area contributed by atoms with E-state index in [1.165, 1.54) is 80.4 Å². The van der Waals surface area contributed by atoms with Gasteiger partial charge in [-0.1, -0.05) is 155 Å². The van der Waals surface area contributed by atoms with Gasteiger partial charge in [0.2, 0.25) is 0 Å². The normalized spacial score (nSPS) is 9.85. The number of aliphatic hydroxyl groups is 1. The van der Waals surface area contributed by atoms with E-state index >= 15 is 0 Å². The molecule has 0 saturated carbocycles. The second kappa shape index (κ2) is 30.4. The Morgan fingerprint density at radius 1 is 0.630 bits per heavy atom. The molecule has 1 aromatic heterocycles. The number of benzene rings is 4. The van der Waals surface area contributed by atoms with Gasteiger partial charge in [-0.2, -0.15) is 0 Å². The Labute approximate surface area is 322 Å². The molecule has 6 rings (SSSR count). The first-order valence-electron chi connectivity index (χ1n) is 18.5. The van der Waals surface area contributed by atoms with Crippen molar-refractivity contribution in [1.82, 2.24) is 0 Å². The van der Waals surface area contributed by atoms with Crippen LogP contribution in [0.3, 0.4) is 0 Å². The SMILES string of the molecule is CCCCCCCCC(=O)OC.CCCO.COC(OC)C(=O)O.Cc1ccccc1.c1ccc(-c2cc3ccc2-3)cc1.c1ccc(-c2ccoc2)cc1. The minimum absolute atomic E-state index is 0.0782. The summed E-state index contributed by atoms with van der Waals surface area (Å²) in [5, 5.41) is 16.0. The van der Waals surface area contributed by atoms with E-state index in [-0.39, 0.29) is 5.97 Å². The molecule has 0 fully saturated rings. The number of hydrogen-bond acceptors (Lipinski definition) is 7. The zero-order valence-corrected chi connectivity index (χ0v) is 32.9. The molecule has 8 heteroatoms. The van der Waals surface area contributed by atoms with Crippen LogP contribution in [0.4, 0.5) is 0 Å². The van der Waals surface area contributed by atoms with E-state index < -0.39 is 12.3 Å². The fourth-order valence-electron chi connectivity index (χ4n) is 4.69. The number of aliphatic hydroxyl groups excluding tert-OH is 1. The molecule has 2 N–H and O–H groups in total. The number of methoxy groups -OCH3 is 3. The minimum Gasteiger partial charge on any atom is -0.477 e. The number of carbonyl (C=O) groups excluding carboxylic acids is 1. The van der Waals surface area contributed by atoms with Crippen molar-refractivity contribution in [1.29, 1.82) is 0 Å². The number of rotatable bonds is 13. The fraction of sp³-hybridized carbons (Fsp3) is 0.348. The zero-order valence-electron chi connectivity index (χ0n) is 32.9. The van der Waals surface area contributed by atoms with Crippen LogP contribution < -0.4 is 0 Å². The van der Waals surface area contributed by atoms with Crippen LogP contribution in [0.1, 0.15) is 70.8 Å². The van der Waals surface area contributed by atoms with Crippen LogP contribution in [0.15, 0.2) is 132 Å². The molecule has 292 valence electrons. The van der Waals surface area contributed by atoms with Gasteiger partial charge in [0.1, 0.15) is 0 Å². The lowest BCUT2D eigenvalue weighted by atomic mass is 9.83. The van der Waals surface area contributed by atoms with Crippen LogP contribution in [-0.2, 0) is 23.8 Å². The summed E-state index contributed by atoms with van der Waals surface area (Å²) in [5.41, 5.74) is 9.22. The quantitative estimate of drug-likeness (QED) is 0.0683. The van der Waals surface area contributed by atoms with Crippen molar-refractivity contribution in [2.75, 3.05) is 27.9 Å². The molecule has 0 atom stereocenters. The highest BCUT2D eigenvalue weighted by atomic mass is 16.7. The van der Waals surface area contributed by atoms with Crippen molar-refractivity contribution in [2.45, 2.75) is 78.4 Å². The number of unbranched alkanes of at least 4 members (excludes halogenated alkanes) is 5. The number of aliphatic carboxylic acids is 1. The summed E-state index contributed by atoms with van der Waals surface area (Å²) in [4.78, 5) is 20.6. The number of furan rings is 1. The van der Waals surface area contributed by atoms with Gasteiger partial charge in [0, 0.05) is 32.8 Å². The Morgan fingerprint density at radius 3 is 1.52 bits per heavy atom. The Hall–Kier alpha value is -5.02. The average Bonchev–Trinajstić information content (AvgIpc) is 3.75. The Balaban J connectivity index is 0.000000334. The fourth-order valence-corrected chi connectivity index (χ4v) is 4.69. The average molecular weight is 741 g/mol. The van der Waals surface area contributed by atoms with Crippen molar-refractivity contribution < 1.29 is 38.4 Å². The van der Waals surface area contributed by atoms with Gasteiger partial charge in [-0.15, -0.1) is 0 Å². The van der Waals surface area contributed by atoms with E-state index in [1.54, 1.807) is 12.5 Å². The number of ether oxygens (including phenoxy) is 3. The van der Waals surface area contributed by atoms with Crippen LogP contribution in [-0.4, -0.2) is 56.4 Å². The molecular weight excluding hydrogens is 680 g/mol. The Morgan fingerprint density at radius 2 is 1.17 bits per heavy atom. The first kappa shape index (κ1) is 47.0. The minimum atomic E-state index is -1.13. The van der Waals surface area contributed by atoms with Gasteiger partial charge in [-0.25, -0.2) is 4.79 Å². The molecule has 0 aliphatic heterocycles. The summed E-state index contributed by atoms with van der Waals surface area (Å²) in [5.74, 6) is -1.19. The van der Waals surface area contributed by atoms with Crippen LogP contribution in [0.5, 0.6) is 0 Å². The molecule has 8 nitrogen and oxygen atoms in total. The number of carboxylic acid groups (broad SMARTS) is 1. The van der Waals surface area contributed by atoms with Crippen molar-refractivity contribution in [3.63, 3.8) is 0 Å². The number of fused-ring (bicyclic) bond motifs is 1. The van der Waals surface area contributed by atoms with Gasteiger partial charge in [0.05, 0.1) is 19.6 Å². The topological polar surface area (TPSA) is 115 Å². The number of carbonyl (C=O) groups is 2. The highest BCUT2D eigenvalue weighted by Gasteiger charge is 2.16. The molecule has 0 amide bonds. The van der Waals surface area contributed by atoms with Gasteiger partial charge in [0.25, 0.3) is 6.29 Å². The molecule has 4 aromatic rings. The molecule has 2 aliphatic carbocycles. The van der Waals surface area contributed by atoms with Crippen molar-refractivity contribution in [3.8, 4) is 33.4 Å². The van der Waals surface area contributed by atoms with E-state index in [0.717, 1.165) is 24.8 Å². The third-order valence-corrected chi connectivity index (χ3v) is 7.80. The number of esters is 1. The molecule has 1 heterocycles.